The van der Waals surface area contributed by atoms with Gasteiger partial charge in [-0.2, -0.15) is 0 Å². The molecule has 5 N–H and O–H groups in total. The van der Waals surface area contributed by atoms with Gasteiger partial charge in [0.1, 0.15) is 16.1 Å². The number of nitrogen functional groups attached to an aromatic ring is 1. The summed E-state index contributed by atoms with van der Waals surface area (Å²) in [4.78, 5) is 15.6. The fraction of sp³-hybridized carbons (Fsp3) is 0.200. The van der Waals surface area contributed by atoms with Crippen LogP contribution < -0.4 is 16.7 Å². The first-order valence-electron chi connectivity index (χ1n) is 2.95. The third-order valence-corrected chi connectivity index (χ3v) is 1.55. The lowest BCUT2D eigenvalue weighted by molar-refractivity contribution is 1.07. The van der Waals surface area contributed by atoms with Crippen LogP contribution in [0, 0.1) is 4.64 Å². The Morgan fingerprint density at radius 1 is 1.55 bits per heavy atom. The molecule has 6 heteroatoms. The molecule has 0 fully saturated rings. The van der Waals surface area contributed by atoms with E-state index in [4.69, 9.17) is 18.0 Å². The van der Waals surface area contributed by atoms with Crippen molar-refractivity contribution in [1.29, 1.82) is 0 Å². The minimum absolute atomic E-state index is 0.248. The summed E-state index contributed by atoms with van der Waals surface area (Å²) in [5.41, 5.74) is 5.48. The highest BCUT2D eigenvalue weighted by Crippen LogP contribution is 2.10. The van der Waals surface area contributed by atoms with Crippen molar-refractivity contribution in [3.8, 4) is 0 Å². The summed E-state index contributed by atoms with van der Waals surface area (Å²) in [7, 11) is 1.65. The van der Waals surface area contributed by atoms with Gasteiger partial charge < -0.3 is 11.1 Å². The number of rotatable bonds is 1. The van der Waals surface area contributed by atoms with Gasteiger partial charge in [-0.05, 0) is 0 Å². The zero-order chi connectivity index (χ0) is 8.43. The van der Waals surface area contributed by atoms with Gasteiger partial charge >= 0.3 is 5.69 Å². The fourth-order valence-electron chi connectivity index (χ4n) is 0.693. The van der Waals surface area contributed by atoms with E-state index >= 15 is 0 Å². The first kappa shape index (κ1) is 7.80. The molecular weight excluding hydrogens is 164 g/mol. The molecule has 11 heavy (non-hydrogen) atoms. The van der Waals surface area contributed by atoms with Crippen LogP contribution in [0.1, 0.15) is 0 Å². The molecule has 0 atom stereocenters. The normalized spacial score (nSPS) is 9.55. The summed E-state index contributed by atoms with van der Waals surface area (Å²) in [6, 6.07) is 0. The Kier molecular flexibility index (Phi) is 1.95. The lowest BCUT2D eigenvalue weighted by Gasteiger charge is -2.01. The standard InChI is InChI=1S/C5H8N4OS/c1-7-3-2(6)4(11)9-5(10)8-3/h6H2,1H3,(H3,7,8,9,10,11). The van der Waals surface area contributed by atoms with Crippen LogP contribution in [0.3, 0.4) is 0 Å². The predicted molar refractivity (Wildman–Crippen MR) is 46.2 cm³/mol. The van der Waals surface area contributed by atoms with Gasteiger partial charge in [-0.3, -0.25) is 9.97 Å². The second kappa shape index (κ2) is 2.75. The van der Waals surface area contributed by atoms with Crippen LogP contribution in [0.15, 0.2) is 4.79 Å². The number of hydrogen-bond donors (Lipinski definition) is 4. The van der Waals surface area contributed by atoms with Crippen molar-refractivity contribution in [2.45, 2.75) is 0 Å². The van der Waals surface area contributed by atoms with Crippen molar-refractivity contribution in [3.63, 3.8) is 0 Å². The van der Waals surface area contributed by atoms with E-state index in [-0.39, 0.29) is 10.3 Å². The smallest absolute Gasteiger partial charge is 0.325 e. The summed E-state index contributed by atoms with van der Waals surface area (Å²) in [6.45, 7) is 0. The molecule has 0 bridgehead atoms. The van der Waals surface area contributed by atoms with Gasteiger partial charge in [-0.25, -0.2) is 4.79 Å². The van der Waals surface area contributed by atoms with E-state index < -0.39 is 0 Å². The number of hydrogen-bond acceptors (Lipinski definition) is 4. The molecule has 0 saturated heterocycles. The van der Waals surface area contributed by atoms with Crippen LogP contribution in [-0.4, -0.2) is 17.0 Å². The molecule has 0 spiro atoms. The van der Waals surface area contributed by atoms with Gasteiger partial charge in [0.2, 0.25) is 0 Å². The third-order valence-electron chi connectivity index (χ3n) is 1.23. The van der Waals surface area contributed by atoms with Gasteiger partial charge in [-0.1, -0.05) is 12.2 Å². The highest BCUT2D eigenvalue weighted by molar-refractivity contribution is 7.71. The van der Waals surface area contributed by atoms with E-state index in [0.717, 1.165) is 0 Å². The number of aromatic nitrogens is 2. The topological polar surface area (TPSA) is 86.7 Å². The number of anilines is 2. The summed E-state index contributed by atoms with van der Waals surface area (Å²) < 4.78 is 0.248. The number of aromatic amines is 2. The van der Waals surface area contributed by atoms with Crippen molar-refractivity contribution < 1.29 is 0 Å². The minimum Gasteiger partial charge on any atom is -0.393 e. The minimum atomic E-state index is -0.367. The Labute approximate surface area is 67.6 Å². The van der Waals surface area contributed by atoms with E-state index in [1.54, 1.807) is 7.05 Å². The molecule has 60 valence electrons. The Balaban J connectivity index is 3.49. The van der Waals surface area contributed by atoms with E-state index in [0.29, 0.717) is 11.5 Å². The number of nitrogens with two attached hydrogens (primary N) is 1. The zero-order valence-electron chi connectivity index (χ0n) is 5.89. The van der Waals surface area contributed by atoms with Crippen LogP contribution in [0.5, 0.6) is 0 Å². The van der Waals surface area contributed by atoms with Crippen LogP contribution in [0.25, 0.3) is 0 Å². The first-order chi connectivity index (χ1) is 5.15. The van der Waals surface area contributed by atoms with E-state index in [1.807, 2.05) is 0 Å². The molecule has 5 nitrogen and oxygen atoms in total. The molecule has 0 radical (unpaired) electrons. The average molecular weight is 172 g/mol. The van der Waals surface area contributed by atoms with Crippen molar-refractivity contribution in [1.82, 2.24) is 9.97 Å². The molecule has 1 aromatic heterocycles. The van der Waals surface area contributed by atoms with Gasteiger partial charge in [0.15, 0.2) is 0 Å². The summed E-state index contributed by atoms with van der Waals surface area (Å²) in [5, 5.41) is 2.71. The Morgan fingerprint density at radius 2 is 2.18 bits per heavy atom. The molecule has 0 unspecified atom stereocenters. The molecule has 0 aliphatic carbocycles. The molecule has 1 aromatic rings. The largest absolute Gasteiger partial charge is 0.393 e. The van der Waals surface area contributed by atoms with E-state index in [2.05, 4.69) is 15.3 Å². The van der Waals surface area contributed by atoms with Crippen molar-refractivity contribution in [2.24, 2.45) is 0 Å². The molecule has 0 aromatic carbocycles. The second-order valence-corrected chi connectivity index (χ2v) is 2.36. The van der Waals surface area contributed by atoms with Gasteiger partial charge in [0.05, 0.1) is 0 Å². The van der Waals surface area contributed by atoms with E-state index in [9.17, 15) is 4.79 Å². The van der Waals surface area contributed by atoms with Gasteiger partial charge in [0, 0.05) is 7.05 Å². The monoisotopic (exact) mass is 172 g/mol. The SMILES string of the molecule is CNc1[nH]c(=O)[nH]c(=S)c1N. The Morgan fingerprint density at radius 3 is 2.73 bits per heavy atom. The third kappa shape index (κ3) is 1.40. The van der Waals surface area contributed by atoms with Crippen LogP contribution in [0.4, 0.5) is 11.5 Å². The first-order valence-corrected chi connectivity index (χ1v) is 3.36. The Bertz CT molecular complexity index is 365. The molecular formula is C5H8N4OS. The van der Waals surface area contributed by atoms with Crippen LogP contribution in [-0.2, 0) is 0 Å². The molecule has 1 heterocycles. The van der Waals surface area contributed by atoms with Gasteiger partial charge in [-0.15, -0.1) is 0 Å². The molecule has 0 aliphatic heterocycles. The maximum absolute atomic E-state index is 10.7. The average Bonchev–Trinajstić information content (AvgIpc) is 1.96. The summed E-state index contributed by atoms with van der Waals surface area (Å²) >= 11 is 4.75. The van der Waals surface area contributed by atoms with Crippen molar-refractivity contribution in [3.05, 3.63) is 15.1 Å². The van der Waals surface area contributed by atoms with Crippen molar-refractivity contribution in [2.75, 3.05) is 18.1 Å². The molecule has 0 saturated carbocycles. The number of nitrogens with one attached hydrogen (secondary N) is 3. The summed E-state index contributed by atoms with van der Waals surface area (Å²) in [5.74, 6) is 0.443. The van der Waals surface area contributed by atoms with Crippen molar-refractivity contribution >= 4 is 23.7 Å². The van der Waals surface area contributed by atoms with Gasteiger partial charge in [0.25, 0.3) is 0 Å². The number of H-pyrrole nitrogens is 2. The Hall–Kier alpha value is -1.30. The maximum atomic E-state index is 10.7. The highest BCUT2D eigenvalue weighted by atomic mass is 32.1. The summed E-state index contributed by atoms with van der Waals surface area (Å²) in [6.07, 6.45) is 0. The second-order valence-electron chi connectivity index (χ2n) is 1.95. The predicted octanol–water partition coefficient (Wildman–Crippen LogP) is 0.0564. The maximum Gasteiger partial charge on any atom is 0.325 e. The highest BCUT2D eigenvalue weighted by Gasteiger charge is 1.98. The molecule has 0 amide bonds. The van der Waals surface area contributed by atoms with Crippen LogP contribution in [0.2, 0.25) is 0 Å². The lowest BCUT2D eigenvalue weighted by Crippen LogP contribution is -2.14. The quantitative estimate of drug-likeness (QED) is 0.451. The zero-order valence-corrected chi connectivity index (χ0v) is 6.71. The fourth-order valence-corrected chi connectivity index (χ4v) is 0.888. The van der Waals surface area contributed by atoms with E-state index in [1.165, 1.54) is 0 Å². The van der Waals surface area contributed by atoms with Crippen LogP contribution >= 0.6 is 12.2 Å². The lowest BCUT2D eigenvalue weighted by atomic mass is 10.5. The molecule has 0 aliphatic rings. The molecule has 1 rings (SSSR count).